The molecule has 1 amide bonds. The lowest BCUT2D eigenvalue weighted by molar-refractivity contribution is -0.116. The molecule has 0 aliphatic heterocycles. The van der Waals surface area contributed by atoms with Crippen LogP contribution in [-0.2, 0) is 4.79 Å². The molecule has 0 bridgehead atoms. The topological polar surface area (TPSA) is 62.1 Å². The van der Waals surface area contributed by atoms with Crippen LogP contribution in [0.1, 0.15) is 12.0 Å². The Kier molecular flexibility index (Phi) is 4.89. The molecule has 0 radical (unpaired) electrons. The molecule has 0 unspecified atom stereocenters. The predicted molar refractivity (Wildman–Crippen MR) is 76.3 cm³/mol. The second-order valence-electron chi connectivity index (χ2n) is 4.27. The minimum absolute atomic E-state index is 0.0864. The molecule has 0 aliphatic rings. The number of anilines is 1. The number of amides is 1. The molecule has 4 nitrogen and oxygen atoms in total. The Bertz CT molecular complexity index is 663. The maximum Gasteiger partial charge on any atom is 0.227 e. The van der Waals surface area contributed by atoms with E-state index in [2.05, 4.69) is 5.32 Å². The predicted octanol–water partition coefficient (Wildman–Crippen LogP) is 3.10. The second-order valence-corrected chi connectivity index (χ2v) is 4.27. The van der Waals surface area contributed by atoms with Crippen LogP contribution in [0.2, 0.25) is 0 Å². The molecule has 106 valence electrons. The zero-order valence-electron chi connectivity index (χ0n) is 11.2. The number of hydrogen-bond donors (Lipinski definition) is 1. The molecule has 0 heterocycles. The van der Waals surface area contributed by atoms with Crippen molar-refractivity contribution in [3.8, 4) is 11.8 Å². The third kappa shape index (κ3) is 4.32. The monoisotopic (exact) mass is 284 g/mol. The standard InChI is InChI=1S/C16H13FN2O2/c17-14-3-1-2-4-15(14)21-10-9-16(20)19-13-7-5-12(11-18)6-8-13/h1-8H,9-10H2,(H,19,20). The highest BCUT2D eigenvalue weighted by Gasteiger charge is 2.05. The minimum atomic E-state index is -0.454. The summed E-state index contributed by atoms with van der Waals surface area (Å²) >= 11 is 0. The maximum absolute atomic E-state index is 13.3. The molecule has 0 fully saturated rings. The van der Waals surface area contributed by atoms with Gasteiger partial charge in [-0.2, -0.15) is 5.26 Å². The van der Waals surface area contributed by atoms with E-state index in [1.54, 1.807) is 36.4 Å². The largest absolute Gasteiger partial charge is 0.490 e. The van der Waals surface area contributed by atoms with Crippen LogP contribution in [-0.4, -0.2) is 12.5 Å². The molecule has 0 spiro atoms. The summed E-state index contributed by atoms with van der Waals surface area (Å²) in [6.45, 7) is 0.0864. The molecule has 0 atom stereocenters. The van der Waals surface area contributed by atoms with E-state index in [-0.39, 0.29) is 24.7 Å². The first kappa shape index (κ1) is 14.5. The van der Waals surface area contributed by atoms with Crippen LogP contribution in [0.25, 0.3) is 0 Å². The summed E-state index contributed by atoms with van der Waals surface area (Å²) in [6, 6.07) is 14.6. The van der Waals surface area contributed by atoms with Gasteiger partial charge >= 0.3 is 0 Å². The summed E-state index contributed by atoms with van der Waals surface area (Å²) in [7, 11) is 0. The van der Waals surface area contributed by atoms with E-state index in [0.717, 1.165) is 0 Å². The summed E-state index contributed by atoms with van der Waals surface area (Å²) in [5, 5.41) is 11.3. The van der Waals surface area contributed by atoms with Gasteiger partial charge in [0, 0.05) is 5.69 Å². The van der Waals surface area contributed by atoms with Crippen LogP contribution < -0.4 is 10.1 Å². The highest BCUT2D eigenvalue weighted by Crippen LogP contribution is 2.15. The van der Waals surface area contributed by atoms with Crippen LogP contribution in [0.5, 0.6) is 5.75 Å². The van der Waals surface area contributed by atoms with Gasteiger partial charge < -0.3 is 10.1 Å². The number of carbonyl (C=O) groups excluding carboxylic acids is 1. The Morgan fingerprint density at radius 2 is 1.90 bits per heavy atom. The van der Waals surface area contributed by atoms with E-state index >= 15 is 0 Å². The number of hydrogen-bond acceptors (Lipinski definition) is 3. The van der Waals surface area contributed by atoms with Gasteiger partial charge in [-0.25, -0.2) is 4.39 Å². The number of carbonyl (C=O) groups is 1. The third-order valence-corrected chi connectivity index (χ3v) is 2.72. The van der Waals surface area contributed by atoms with Crippen molar-refractivity contribution >= 4 is 11.6 Å². The molecule has 0 aromatic heterocycles. The van der Waals surface area contributed by atoms with Crippen LogP contribution >= 0.6 is 0 Å². The zero-order chi connectivity index (χ0) is 15.1. The Morgan fingerprint density at radius 1 is 1.19 bits per heavy atom. The second kappa shape index (κ2) is 7.06. The van der Waals surface area contributed by atoms with Gasteiger partial charge in [0.15, 0.2) is 11.6 Å². The first-order valence-corrected chi connectivity index (χ1v) is 6.36. The summed E-state index contributed by atoms with van der Waals surface area (Å²) in [5.41, 5.74) is 1.13. The van der Waals surface area contributed by atoms with Crippen molar-refractivity contribution in [3.05, 3.63) is 59.9 Å². The van der Waals surface area contributed by atoms with Crippen molar-refractivity contribution in [2.45, 2.75) is 6.42 Å². The molecular formula is C16H13FN2O2. The molecular weight excluding hydrogens is 271 g/mol. The molecule has 0 saturated heterocycles. The van der Waals surface area contributed by atoms with Crippen molar-refractivity contribution in [2.24, 2.45) is 0 Å². The quantitative estimate of drug-likeness (QED) is 0.917. The average Bonchev–Trinajstić information content (AvgIpc) is 2.50. The number of nitriles is 1. The van der Waals surface area contributed by atoms with Gasteiger partial charge in [-0.05, 0) is 36.4 Å². The fourth-order valence-electron chi connectivity index (χ4n) is 1.67. The SMILES string of the molecule is N#Cc1ccc(NC(=O)CCOc2ccccc2F)cc1. The van der Waals surface area contributed by atoms with Crippen molar-refractivity contribution in [2.75, 3.05) is 11.9 Å². The molecule has 5 heteroatoms. The van der Waals surface area contributed by atoms with Gasteiger partial charge in [0.05, 0.1) is 24.7 Å². The van der Waals surface area contributed by atoms with Gasteiger partial charge in [0.25, 0.3) is 0 Å². The Morgan fingerprint density at radius 3 is 2.57 bits per heavy atom. The Hall–Kier alpha value is -2.87. The number of nitrogens with one attached hydrogen (secondary N) is 1. The normalized spacial score (nSPS) is 9.71. The number of benzene rings is 2. The van der Waals surface area contributed by atoms with Gasteiger partial charge in [-0.1, -0.05) is 12.1 Å². The molecule has 0 saturated carbocycles. The van der Waals surface area contributed by atoms with E-state index < -0.39 is 5.82 Å². The lowest BCUT2D eigenvalue weighted by Gasteiger charge is -2.08. The Balaban J connectivity index is 1.80. The van der Waals surface area contributed by atoms with Crippen molar-refractivity contribution < 1.29 is 13.9 Å². The summed E-state index contributed by atoms with van der Waals surface area (Å²) < 4.78 is 18.5. The van der Waals surface area contributed by atoms with E-state index in [0.29, 0.717) is 11.3 Å². The van der Waals surface area contributed by atoms with Gasteiger partial charge in [0.1, 0.15) is 0 Å². The van der Waals surface area contributed by atoms with E-state index in [4.69, 9.17) is 10.00 Å². The smallest absolute Gasteiger partial charge is 0.227 e. The van der Waals surface area contributed by atoms with Gasteiger partial charge in [0.2, 0.25) is 5.91 Å². The lowest BCUT2D eigenvalue weighted by Crippen LogP contribution is -2.15. The van der Waals surface area contributed by atoms with Crippen molar-refractivity contribution in [1.82, 2.24) is 0 Å². The summed E-state index contributed by atoms with van der Waals surface area (Å²) in [6.07, 6.45) is 0.105. The van der Waals surface area contributed by atoms with Crippen LogP contribution in [0.4, 0.5) is 10.1 Å². The lowest BCUT2D eigenvalue weighted by atomic mass is 10.2. The average molecular weight is 284 g/mol. The van der Waals surface area contributed by atoms with Crippen LogP contribution in [0.15, 0.2) is 48.5 Å². The number of nitrogens with zero attached hydrogens (tertiary/aromatic N) is 1. The fraction of sp³-hybridized carbons (Fsp3) is 0.125. The molecule has 2 rings (SSSR count). The summed E-state index contributed by atoms with van der Waals surface area (Å²) in [4.78, 5) is 11.7. The molecule has 2 aromatic rings. The Labute approximate surface area is 121 Å². The number of rotatable bonds is 5. The molecule has 0 aliphatic carbocycles. The molecule has 2 aromatic carbocycles. The van der Waals surface area contributed by atoms with Crippen molar-refractivity contribution in [1.29, 1.82) is 5.26 Å². The number of halogens is 1. The molecule has 1 N–H and O–H groups in total. The molecule has 21 heavy (non-hydrogen) atoms. The number of para-hydroxylation sites is 1. The van der Waals surface area contributed by atoms with Crippen LogP contribution in [0, 0.1) is 17.1 Å². The first-order chi connectivity index (χ1) is 10.2. The van der Waals surface area contributed by atoms with Crippen molar-refractivity contribution in [3.63, 3.8) is 0 Å². The van der Waals surface area contributed by atoms with E-state index in [9.17, 15) is 9.18 Å². The maximum atomic E-state index is 13.3. The minimum Gasteiger partial charge on any atom is -0.490 e. The highest BCUT2D eigenvalue weighted by atomic mass is 19.1. The zero-order valence-corrected chi connectivity index (χ0v) is 11.2. The van der Waals surface area contributed by atoms with E-state index in [1.165, 1.54) is 12.1 Å². The number of ether oxygens (including phenoxy) is 1. The summed E-state index contributed by atoms with van der Waals surface area (Å²) in [5.74, 6) is -0.565. The highest BCUT2D eigenvalue weighted by molar-refractivity contribution is 5.90. The van der Waals surface area contributed by atoms with Crippen LogP contribution in [0.3, 0.4) is 0 Å². The third-order valence-electron chi connectivity index (χ3n) is 2.72. The van der Waals surface area contributed by atoms with Gasteiger partial charge in [-0.3, -0.25) is 4.79 Å². The first-order valence-electron chi connectivity index (χ1n) is 6.36. The van der Waals surface area contributed by atoms with E-state index in [1.807, 2.05) is 6.07 Å². The van der Waals surface area contributed by atoms with Gasteiger partial charge in [-0.15, -0.1) is 0 Å². The fourth-order valence-corrected chi connectivity index (χ4v) is 1.67.